The van der Waals surface area contributed by atoms with Crippen LogP contribution in [0.5, 0.6) is 5.75 Å². The maximum Gasteiger partial charge on any atom is 0.472 e. The molecule has 0 spiro atoms. The Balaban J connectivity index is 3.22. The highest BCUT2D eigenvalue weighted by Crippen LogP contribution is 2.44. The van der Waals surface area contributed by atoms with Gasteiger partial charge in [0.15, 0.2) is 0 Å². The fourth-order valence-corrected chi connectivity index (χ4v) is 15.6. The first kappa shape index (κ1) is 114. The normalized spacial score (nSPS) is 14.0. The molecule has 0 radical (unpaired) electrons. The van der Waals surface area contributed by atoms with E-state index in [0.29, 0.717) is 88.7 Å². The van der Waals surface area contributed by atoms with Gasteiger partial charge in [0, 0.05) is 58.2 Å². The van der Waals surface area contributed by atoms with Crippen molar-refractivity contribution in [2.24, 2.45) is 5.92 Å². The number of amides is 4. The molecule has 0 aliphatic heterocycles. The van der Waals surface area contributed by atoms with Crippen molar-refractivity contribution < 1.29 is 89.5 Å². The summed E-state index contributed by atoms with van der Waals surface area (Å²) in [6.45, 7) is 11.8. The third-order valence-corrected chi connectivity index (χ3v) is 23.5. The lowest BCUT2D eigenvalue weighted by molar-refractivity contribution is -0.151. The number of likely N-dealkylation sites (N-methyl/N-ethyl adjacent to an activating group) is 1. The molecule has 704 valence electrons. The Morgan fingerprint density at radius 3 is 1.05 bits per heavy atom. The molecule has 121 heavy (non-hydrogen) atoms. The number of benzene rings is 1. The summed E-state index contributed by atoms with van der Waals surface area (Å²) in [5.74, 6) is -3.34. The van der Waals surface area contributed by atoms with Gasteiger partial charge in [0.1, 0.15) is 30.5 Å². The number of phosphoric acid groups is 2. The number of hydrogen-bond acceptors (Lipinski definition) is 18. The maximum absolute atomic E-state index is 14.1. The van der Waals surface area contributed by atoms with Gasteiger partial charge in [0.2, 0.25) is 23.6 Å². The van der Waals surface area contributed by atoms with Crippen molar-refractivity contribution in [2.75, 3.05) is 86.1 Å². The summed E-state index contributed by atoms with van der Waals surface area (Å²) in [5.41, 5.74) is 0.594. The van der Waals surface area contributed by atoms with Crippen LogP contribution in [0.3, 0.4) is 0 Å². The summed E-state index contributed by atoms with van der Waals surface area (Å²) in [6.07, 6.45) is 61.3. The summed E-state index contributed by atoms with van der Waals surface area (Å²) < 4.78 is 78.8. The molecule has 0 saturated heterocycles. The second-order valence-electron chi connectivity index (χ2n) is 33.0. The van der Waals surface area contributed by atoms with Gasteiger partial charge in [0.05, 0.1) is 64.9 Å². The molecule has 24 nitrogen and oxygen atoms in total. The van der Waals surface area contributed by atoms with Gasteiger partial charge in [-0.2, -0.15) is 0 Å². The molecular weight excluding hydrogens is 1580 g/mol. The van der Waals surface area contributed by atoms with Crippen molar-refractivity contribution in [3.8, 4) is 5.75 Å². The second-order valence-corrected chi connectivity index (χ2v) is 35.9. The number of rotatable bonds is 90. The number of carbonyl (C=O) groups is 6. The van der Waals surface area contributed by atoms with E-state index in [4.69, 9.17) is 41.8 Å². The van der Waals surface area contributed by atoms with Crippen molar-refractivity contribution in [1.82, 2.24) is 26.6 Å². The molecule has 0 heterocycles. The standard InChI is InChI=1S/C95H175N5O19P2/c1-8-14-20-26-30-34-36-40-42-48-54-60-90(101)99-84(79-111-73-68-87(58-52-46-24-18-12-5)118-92(103)62-56-50-44-38-32-28-22-16-10-3)81-116-120(107,108)114-76-71-97-94(105)89(78-83-64-66-86(67-65-83)113-75-70-96-7)95(106)98-72-77-115-121(109,110)117-82-85(100-91(102)61-55-49-43-41-37-35-31-27-21-15-9-2)80-112-74-69-88(59-53-47-25-19-13-6)119-93(104)63-57-51-45-39-33-29-23-17-11-4/h38-39,44-45,64-67,84-85,87-89,96H,8-37,40-43,46-63,68-82H2,1-7H3,(H,97,105)(H,98,106)(H,99,101)(H,100,102)(H,107,108)(H,109,110)/b44-38-,45-39-. The van der Waals surface area contributed by atoms with Crippen LogP contribution in [0.2, 0.25) is 0 Å². The smallest absolute Gasteiger partial charge is 0.472 e. The lowest BCUT2D eigenvalue weighted by atomic mass is 9.97. The highest BCUT2D eigenvalue weighted by Gasteiger charge is 2.31. The van der Waals surface area contributed by atoms with Crippen LogP contribution in [0.1, 0.15) is 394 Å². The first-order valence-electron chi connectivity index (χ1n) is 48.4. The average molecular weight is 1750 g/mol. The van der Waals surface area contributed by atoms with Crippen molar-refractivity contribution >= 4 is 51.2 Å². The van der Waals surface area contributed by atoms with Crippen LogP contribution in [0.15, 0.2) is 48.6 Å². The number of esters is 2. The van der Waals surface area contributed by atoms with Gasteiger partial charge >= 0.3 is 27.6 Å². The molecule has 7 N–H and O–H groups in total. The van der Waals surface area contributed by atoms with Gasteiger partial charge in [0.25, 0.3) is 0 Å². The third kappa shape index (κ3) is 73.2. The molecule has 0 fully saturated rings. The minimum atomic E-state index is -4.84. The van der Waals surface area contributed by atoms with E-state index in [9.17, 15) is 47.7 Å². The van der Waals surface area contributed by atoms with Gasteiger partial charge in [-0.1, -0.05) is 296 Å². The molecule has 1 aromatic carbocycles. The van der Waals surface area contributed by atoms with E-state index in [0.717, 1.165) is 128 Å². The number of hydrogen-bond donors (Lipinski definition) is 7. The number of ether oxygens (including phenoxy) is 5. The largest absolute Gasteiger partial charge is 0.492 e. The van der Waals surface area contributed by atoms with Crippen molar-refractivity contribution in [1.29, 1.82) is 0 Å². The van der Waals surface area contributed by atoms with E-state index < -0.39 is 71.9 Å². The first-order chi connectivity index (χ1) is 58.8. The Morgan fingerprint density at radius 1 is 0.364 bits per heavy atom. The van der Waals surface area contributed by atoms with E-state index in [1.54, 1.807) is 24.3 Å². The zero-order valence-electron chi connectivity index (χ0n) is 77.1. The Morgan fingerprint density at radius 2 is 0.694 bits per heavy atom. The van der Waals surface area contributed by atoms with Crippen LogP contribution >= 0.6 is 15.6 Å². The zero-order valence-corrected chi connectivity index (χ0v) is 78.9. The lowest BCUT2D eigenvalue weighted by Gasteiger charge is -2.22. The maximum atomic E-state index is 14.1. The van der Waals surface area contributed by atoms with Crippen LogP contribution in [0.25, 0.3) is 0 Å². The minimum Gasteiger partial charge on any atom is -0.492 e. The van der Waals surface area contributed by atoms with Gasteiger partial charge in [-0.25, -0.2) is 9.13 Å². The molecule has 0 aliphatic rings. The molecule has 26 heteroatoms. The summed E-state index contributed by atoms with van der Waals surface area (Å²) in [6, 6.07) is 5.16. The van der Waals surface area contributed by atoms with Crippen molar-refractivity contribution in [3.63, 3.8) is 0 Å². The quantitative estimate of drug-likeness (QED) is 0.0105. The van der Waals surface area contributed by atoms with Gasteiger partial charge in [-0.15, -0.1) is 0 Å². The fraction of sp³-hybridized carbons (Fsp3) is 0.832. The highest BCUT2D eigenvalue weighted by atomic mass is 31.2. The Bertz CT molecular complexity index is 2650. The Hall–Kier alpha value is -4.58. The second kappa shape index (κ2) is 82.4. The molecule has 0 aliphatic carbocycles. The molecule has 4 amide bonds. The SMILES string of the molecule is CCCCCC/C=C\CCCC(=O)OC(CCCCCCC)CCOCC(COP(=O)(O)OCCNC(=O)C(Cc1ccc(OCCNC)cc1)C(=O)NCCOP(=O)(O)OCC(COCCC(CCCCCCC)OC(=O)CCC/C=C\CCCCCC)NC(=O)CCCCCCCCCCCCC)NC(=O)CCCCCCCCCCCCC. The summed E-state index contributed by atoms with van der Waals surface area (Å²) in [4.78, 5) is 103. The van der Waals surface area contributed by atoms with E-state index in [2.05, 4.69) is 92.4 Å². The predicted octanol–water partition coefficient (Wildman–Crippen LogP) is 22.1. The van der Waals surface area contributed by atoms with E-state index >= 15 is 0 Å². The zero-order chi connectivity index (χ0) is 88.4. The molecule has 0 saturated carbocycles. The molecule has 0 aromatic heterocycles. The summed E-state index contributed by atoms with van der Waals surface area (Å²) in [7, 11) is -7.86. The van der Waals surface area contributed by atoms with Crippen molar-refractivity contribution in [2.45, 2.75) is 419 Å². The molecule has 1 aromatic rings. The van der Waals surface area contributed by atoms with Gasteiger partial charge < -0.3 is 60.1 Å². The lowest BCUT2D eigenvalue weighted by Crippen LogP contribution is -2.44. The third-order valence-electron chi connectivity index (χ3n) is 21.5. The minimum absolute atomic E-state index is 0.0738. The van der Waals surface area contributed by atoms with Crippen molar-refractivity contribution in [3.05, 3.63) is 54.1 Å². The van der Waals surface area contributed by atoms with Crippen LogP contribution in [-0.2, 0) is 81.4 Å². The van der Waals surface area contributed by atoms with E-state index in [1.165, 1.54) is 141 Å². The van der Waals surface area contributed by atoms with Gasteiger partial charge in [-0.05, 0) is 121 Å². The molecule has 6 atom stereocenters. The monoisotopic (exact) mass is 1750 g/mol. The Kier molecular flexibility index (Phi) is 77.9. The van der Waals surface area contributed by atoms with Crippen LogP contribution in [0, 0.1) is 5.92 Å². The number of allylic oxidation sites excluding steroid dienone is 4. The van der Waals surface area contributed by atoms with Crippen LogP contribution in [-0.4, -0.2) is 156 Å². The van der Waals surface area contributed by atoms with E-state index in [1.807, 2.05) is 7.05 Å². The van der Waals surface area contributed by atoms with E-state index in [-0.39, 0.29) is 94.7 Å². The molecule has 0 bridgehead atoms. The summed E-state index contributed by atoms with van der Waals surface area (Å²) in [5, 5.41) is 14.2. The number of nitrogens with one attached hydrogen (secondary N) is 5. The molecular formula is C95H175N5O19P2. The predicted molar refractivity (Wildman–Crippen MR) is 489 cm³/mol. The van der Waals surface area contributed by atoms with Gasteiger partial charge in [-0.3, -0.25) is 46.9 Å². The fourth-order valence-electron chi connectivity index (χ4n) is 14.1. The Labute approximate surface area is 734 Å². The topological polar surface area (TPSA) is 320 Å². The number of carbonyl (C=O) groups excluding carboxylic acids is 6. The summed E-state index contributed by atoms with van der Waals surface area (Å²) >= 11 is 0. The van der Waals surface area contributed by atoms with Crippen LogP contribution in [0.4, 0.5) is 0 Å². The highest BCUT2D eigenvalue weighted by molar-refractivity contribution is 7.47. The molecule has 1 rings (SSSR count). The molecule has 6 unspecified atom stereocenters. The number of unbranched alkanes of at least 4 members (excludes halogenated alkanes) is 38. The number of phosphoric ester groups is 2. The average Bonchev–Trinajstić information content (AvgIpc) is 0.859. The van der Waals surface area contributed by atoms with Crippen LogP contribution < -0.4 is 31.3 Å². The first-order valence-corrected chi connectivity index (χ1v) is 51.4.